The minimum absolute atomic E-state index is 0.0420. The van der Waals surface area contributed by atoms with Crippen LogP contribution < -0.4 is 0 Å². The molecule has 0 saturated heterocycles. The average molecular weight is 464 g/mol. The number of cyclic esters (lactones) is 1. The van der Waals surface area contributed by atoms with Gasteiger partial charge in [0.2, 0.25) is 0 Å². The Bertz CT molecular complexity index is 768. The number of ketones is 1. The molecule has 4 atom stereocenters. The Morgan fingerprint density at radius 2 is 1.94 bits per heavy atom. The second-order valence-electron chi connectivity index (χ2n) is 8.95. The molecule has 2 heterocycles. The van der Waals surface area contributed by atoms with Crippen molar-refractivity contribution in [2.24, 2.45) is 17.8 Å². The Morgan fingerprint density at radius 1 is 1.22 bits per heavy atom. The van der Waals surface area contributed by atoms with E-state index in [0.29, 0.717) is 18.9 Å². The largest absolute Gasteiger partial charge is 0.465 e. The molecular formula is C26H41NO4S. The number of Topliss-reactive ketones (excluding diaryl/α,β-unsaturated/α-hetero) is 1. The van der Waals surface area contributed by atoms with Gasteiger partial charge in [0.1, 0.15) is 5.78 Å². The maximum Gasteiger partial charge on any atom is 0.308 e. The summed E-state index contributed by atoms with van der Waals surface area (Å²) in [7, 11) is 0. The van der Waals surface area contributed by atoms with Gasteiger partial charge in [-0.1, -0.05) is 44.9 Å². The smallest absolute Gasteiger partial charge is 0.308 e. The molecule has 0 fully saturated rings. The number of carbonyl (C=O) groups is 2. The van der Waals surface area contributed by atoms with Crippen molar-refractivity contribution in [2.45, 2.75) is 86.2 Å². The zero-order chi connectivity index (χ0) is 24.1. The number of hydrogen-bond acceptors (Lipinski definition) is 6. The number of nitrogens with zero attached hydrogens (tertiary/aromatic N) is 1. The summed E-state index contributed by atoms with van der Waals surface area (Å²) < 4.78 is 5.13. The summed E-state index contributed by atoms with van der Waals surface area (Å²) in [6, 6.07) is 0. The second kappa shape index (κ2) is 15.1. The lowest BCUT2D eigenvalue weighted by Gasteiger charge is -2.23. The molecule has 6 heteroatoms. The fraction of sp³-hybridized carbons (Fsp3) is 0.654. The Morgan fingerprint density at radius 3 is 2.56 bits per heavy atom. The van der Waals surface area contributed by atoms with Crippen molar-refractivity contribution < 1.29 is 19.4 Å². The van der Waals surface area contributed by atoms with E-state index < -0.39 is 18.0 Å². The van der Waals surface area contributed by atoms with Crippen LogP contribution in [0.1, 0.15) is 83.8 Å². The van der Waals surface area contributed by atoms with E-state index in [2.05, 4.69) is 30.3 Å². The minimum Gasteiger partial charge on any atom is -0.465 e. The van der Waals surface area contributed by atoms with Crippen LogP contribution >= 0.6 is 11.3 Å². The van der Waals surface area contributed by atoms with Gasteiger partial charge in [0.05, 0.1) is 29.8 Å². The first-order chi connectivity index (χ1) is 15.1. The molecule has 1 aliphatic heterocycles. The summed E-state index contributed by atoms with van der Waals surface area (Å²) in [5.74, 6) is -0.518. The van der Waals surface area contributed by atoms with E-state index >= 15 is 0 Å². The van der Waals surface area contributed by atoms with E-state index in [-0.39, 0.29) is 18.1 Å². The van der Waals surface area contributed by atoms with E-state index in [0.717, 1.165) is 36.4 Å². The second-order valence-corrected chi connectivity index (χ2v) is 10.0. The van der Waals surface area contributed by atoms with Crippen LogP contribution in [0.2, 0.25) is 0 Å². The van der Waals surface area contributed by atoms with Gasteiger partial charge in [-0.25, -0.2) is 4.98 Å². The summed E-state index contributed by atoms with van der Waals surface area (Å²) in [5.41, 5.74) is 2.39. The number of aromatic nitrogens is 1. The molecule has 0 aliphatic carbocycles. The fourth-order valence-electron chi connectivity index (χ4n) is 3.82. The van der Waals surface area contributed by atoms with E-state index in [1.54, 1.807) is 18.3 Å². The number of carbonyl (C=O) groups excluding carboxylic acids is 2. The number of rotatable bonds is 1. The summed E-state index contributed by atoms with van der Waals surface area (Å²) in [6.45, 7) is 12.3. The number of ether oxygens (including phenoxy) is 1. The molecule has 1 N–H and O–H groups in total. The molecule has 1 aromatic rings. The third-order valence-electron chi connectivity index (χ3n) is 5.76. The highest BCUT2D eigenvalue weighted by Gasteiger charge is 2.29. The van der Waals surface area contributed by atoms with Crippen LogP contribution in [-0.4, -0.2) is 34.6 Å². The third-order valence-corrected chi connectivity index (χ3v) is 6.55. The van der Waals surface area contributed by atoms with Crippen molar-refractivity contribution in [1.29, 1.82) is 0 Å². The lowest BCUT2D eigenvalue weighted by Crippen LogP contribution is -2.32. The van der Waals surface area contributed by atoms with Crippen molar-refractivity contribution in [3.8, 4) is 0 Å². The first-order valence-corrected chi connectivity index (χ1v) is 12.6. The zero-order valence-electron chi connectivity index (χ0n) is 20.6. The van der Waals surface area contributed by atoms with E-state index in [9.17, 15) is 14.7 Å². The van der Waals surface area contributed by atoms with Gasteiger partial charge in [-0.15, -0.1) is 11.3 Å². The monoisotopic (exact) mass is 463 g/mol. The maximum atomic E-state index is 12.4. The molecule has 2 rings (SSSR count). The van der Waals surface area contributed by atoms with Crippen molar-refractivity contribution in [3.63, 3.8) is 0 Å². The van der Waals surface area contributed by atoms with Gasteiger partial charge in [-0.05, 0) is 58.4 Å². The normalized spacial score (nSPS) is 28.4. The number of aryl methyl sites for hydroxylation is 1. The first kappa shape index (κ1) is 28.2. The van der Waals surface area contributed by atoms with Gasteiger partial charge in [0.25, 0.3) is 0 Å². The highest BCUT2D eigenvalue weighted by atomic mass is 32.1. The van der Waals surface area contributed by atoms with Crippen LogP contribution in [0.25, 0.3) is 6.08 Å². The SMILES string of the molecule is C/C1=C/CCOC(=O)CC(O)C(C)C(=O)C(C)CC(C)CCC1.C/C=C\c1csc(C)n1. The number of esters is 1. The summed E-state index contributed by atoms with van der Waals surface area (Å²) in [5, 5.41) is 13.3. The van der Waals surface area contributed by atoms with Crippen LogP contribution in [0, 0.1) is 24.7 Å². The average Bonchev–Trinajstić information content (AvgIpc) is 3.14. The molecule has 1 aromatic heterocycles. The number of hydrogen-bond donors (Lipinski definition) is 1. The Labute approximate surface area is 198 Å². The van der Waals surface area contributed by atoms with Crippen molar-refractivity contribution >= 4 is 29.2 Å². The molecule has 0 spiro atoms. The van der Waals surface area contributed by atoms with Crippen molar-refractivity contribution in [3.05, 3.63) is 33.8 Å². The number of aliphatic hydroxyl groups is 1. The van der Waals surface area contributed by atoms with E-state index in [1.807, 2.05) is 32.9 Å². The van der Waals surface area contributed by atoms with Crippen LogP contribution in [-0.2, 0) is 14.3 Å². The van der Waals surface area contributed by atoms with Gasteiger partial charge < -0.3 is 9.84 Å². The van der Waals surface area contributed by atoms with Gasteiger partial charge in [0, 0.05) is 17.2 Å². The maximum absolute atomic E-state index is 12.4. The summed E-state index contributed by atoms with van der Waals surface area (Å²) in [4.78, 5) is 28.4. The van der Waals surface area contributed by atoms with Crippen LogP contribution in [0.15, 0.2) is 23.1 Å². The topological polar surface area (TPSA) is 76.5 Å². The summed E-state index contributed by atoms with van der Waals surface area (Å²) >= 11 is 1.68. The number of aliphatic hydroxyl groups excluding tert-OH is 1. The van der Waals surface area contributed by atoms with Crippen molar-refractivity contribution in [1.82, 2.24) is 4.98 Å². The van der Waals surface area contributed by atoms with Gasteiger partial charge in [0.15, 0.2) is 0 Å². The lowest BCUT2D eigenvalue weighted by atomic mass is 9.83. The van der Waals surface area contributed by atoms with Crippen LogP contribution in [0.3, 0.4) is 0 Å². The highest BCUT2D eigenvalue weighted by Crippen LogP contribution is 2.24. The molecule has 0 amide bonds. The molecule has 180 valence electrons. The Hall–Kier alpha value is -1.79. The molecule has 0 aromatic carbocycles. The van der Waals surface area contributed by atoms with Gasteiger partial charge in [-0.3, -0.25) is 9.59 Å². The number of thiazole rings is 1. The third kappa shape index (κ3) is 11.2. The number of allylic oxidation sites excluding steroid dienone is 2. The predicted octanol–water partition coefficient (Wildman–Crippen LogP) is 6.15. The first-order valence-electron chi connectivity index (χ1n) is 11.7. The molecule has 0 saturated carbocycles. The minimum atomic E-state index is -0.960. The molecule has 5 nitrogen and oxygen atoms in total. The molecule has 1 aliphatic rings. The summed E-state index contributed by atoms with van der Waals surface area (Å²) in [6.07, 6.45) is 9.85. The molecule has 32 heavy (non-hydrogen) atoms. The van der Waals surface area contributed by atoms with Gasteiger partial charge >= 0.3 is 5.97 Å². The Kier molecular flexibility index (Phi) is 13.3. The zero-order valence-corrected chi connectivity index (χ0v) is 21.4. The van der Waals surface area contributed by atoms with Crippen LogP contribution in [0.4, 0.5) is 0 Å². The quantitative estimate of drug-likeness (QED) is 0.399. The molecular weight excluding hydrogens is 422 g/mol. The molecule has 4 unspecified atom stereocenters. The fourth-order valence-corrected chi connectivity index (χ4v) is 4.40. The highest BCUT2D eigenvalue weighted by molar-refractivity contribution is 7.09. The predicted molar refractivity (Wildman–Crippen MR) is 132 cm³/mol. The van der Waals surface area contributed by atoms with Crippen LogP contribution in [0.5, 0.6) is 0 Å². The Balaban J connectivity index is 0.000000471. The molecule has 0 radical (unpaired) electrons. The molecule has 0 bridgehead atoms. The van der Waals surface area contributed by atoms with Crippen molar-refractivity contribution in [2.75, 3.05) is 6.61 Å². The lowest BCUT2D eigenvalue weighted by molar-refractivity contribution is -0.147. The van der Waals surface area contributed by atoms with Gasteiger partial charge in [-0.2, -0.15) is 0 Å². The standard InChI is InChI=1S/C19H32O4.C7H9NS/c1-13-7-5-8-14(2)11-15(3)19(22)16(4)17(20)12-18(21)23-10-6-9-13;1-3-4-7-5-9-6(2)8-7/h9,14-17,20H,5-8,10-12H2,1-4H3;3-5H,1-2H3/b13-9-;4-3-. The van der Waals surface area contributed by atoms with E-state index in [4.69, 9.17) is 4.74 Å². The van der Waals surface area contributed by atoms with E-state index in [1.165, 1.54) is 5.57 Å².